The molecule has 9 nitrogen and oxygen atoms in total. The van der Waals surface area contributed by atoms with Crippen LogP contribution in [0, 0.1) is 29.0 Å². The van der Waals surface area contributed by atoms with Crippen LogP contribution in [0.3, 0.4) is 0 Å². The molecule has 0 saturated heterocycles. The lowest BCUT2D eigenvalue weighted by molar-refractivity contribution is 0.200. The van der Waals surface area contributed by atoms with Gasteiger partial charge in [0.1, 0.15) is 17.2 Å². The first-order valence-corrected chi connectivity index (χ1v) is 13.8. The van der Waals surface area contributed by atoms with E-state index in [9.17, 15) is 14.3 Å². The van der Waals surface area contributed by atoms with Crippen LogP contribution in [-0.2, 0) is 6.54 Å². The van der Waals surface area contributed by atoms with Crippen molar-refractivity contribution in [3.63, 3.8) is 0 Å². The molecule has 4 N–H and O–H groups in total. The number of benzene rings is 1. The number of carbonyl (C=O) groups is 1. The Morgan fingerprint density at radius 1 is 1.15 bits per heavy atom. The Labute approximate surface area is 227 Å². The van der Waals surface area contributed by atoms with Crippen molar-refractivity contribution in [2.45, 2.75) is 71.4 Å². The SMILES string of the molecule is C=C(c1ccc(F)cc1)c1nc2nc(C(=N)NC(=O)O)nc(N[C@H](C)C3CCC3)c2n1CC1CCC(C)CC1. The van der Waals surface area contributed by atoms with E-state index in [-0.39, 0.29) is 17.7 Å². The largest absolute Gasteiger partial charge is 0.465 e. The second-order valence-corrected chi connectivity index (χ2v) is 11.2. The van der Waals surface area contributed by atoms with Gasteiger partial charge in [0.25, 0.3) is 0 Å². The molecule has 206 valence electrons. The fraction of sp³-hybridized carbons (Fsp3) is 0.483. The van der Waals surface area contributed by atoms with Gasteiger partial charge < -0.3 is 15.0 Å². The van der Waals surface area contributed by atoms with Gasteiger partial charge in [-0.3, -0.25) is 10.7 Å². The van der Waals surface area contributed by atoms with Gasteiger partial charge in [0.05, 0.1) is 0 Å². The predicted molar refractivity (Wildman–Crippen MR) is 149 cm³/mol. The van der Waals surface area contributed by atoms with E-state index in [4.69, 9.17) is 10.4 Å². The number of anilines is 1. The average molecular weight is 534 g/mol. The third kappa shape index (κ3) is 5.79. The highest BCUT2D eigenvalue weighted by molar-refractivity contribution is 6.03. The number of aromatic nitrogens is 4. The maximum Gasteiger partial charge on any atom is 0.410 e. The summed E-state index contributed by atoms with van der Waals surface area (Å²) in [5.41, 5.74) is 2.46. The molecule has 0 aliphatic heterocycles. The highest BCUT2D eigenvalue weighted by Crippen LogP contribution is 2.36. The minimum atomic E-state index is -1.36. The monoisotopic (exact) mass is 533 g/mol. The predicted octanol–water partition coefficient (Wildman–Crippen LogP) is 6.05. The number of carboxylic acid groups (broad SMARTS) is 1. The summed E-state index contributed by atoms with van der Waals surface area (Å²) in [4.78, 5) is 25.3. The molecule has 3 aromatic rings. The highest BCUT2D eigenvalue weighted by Gasteiger charge is 2.29. The van der Waals surface area contributed by atoms with Crippen molar-refractivity contribution in [3.8, 4) is 0 Å². The van der Waals surface area contributed by atoms with E-state index in [1.165, 1.54) is 31.4 Å². The lowest BCUT2D eigenvalue weighted by atomic mass is 9.80. The lowest BCUT2D eigenvalue weighted by Gasteiger charge is -2.32. The Balaban J connectivity index is 1.64. The van der Waals surface area contributed by atoms with Crippen molar-refractivity contribution in [1.29, 1.82) is 5.41 Å². The molecule has 2 saturated carbocycles. The van der Waals surface area contributed by atoms with Crippen molar-refractivity contribution in [2.75, 3.05) is 5.32 Å². The zero-order valence-electron chi connectivity index (χ0n) is 22.5. The van der Waals surface area contributed by atoms with Gasteiger partial charge >= 0.3 is 6.09 Å². The van der Waals surface area contributed by atoms with Gasteiger partial charge in [0.2, 0.25) is 0 Å². The van der Waals surface area contributed by atoms with Crippen molar-refractivity contribution < 1.29 is 14.3 Å². The molecule has 0 radical (unpaired) electrons. The highest BCUT2D eigenvalue weighted by atomic mass is 19.1. The number of rotatable bonds is 8. The minimum Gasteiger partial charge on any atom is -0.465 e. The van der Waals surface area contributed by atoms with Crippen LogP contribution in [0.2, 0.25) is 0 Å². The third-order valence-corrected chi connectivity index (χ3v) is 8.32. The van der Waals surface area contributed by atoms with Crippen LogP contribution in [0.15, 0.2) is 30.8 Å². The number of amidine groups is 1. The fourth-order valence-electron chi connectivity index (χ4n) is 5.64. The molecular formula is C29H36FN7O2. The molecule has 2 heterocycles. The molecule has 1 amide bonds. The number of amides is 1. The van der Waals surface area contributed by atoms with E-state index < -0.39 is 11.9 Å². The molecule has 2 aromatic heterocycles. The molecule has 2 aliphatic carbocycles. The second kappa shape index (κ2) is 11.1. The molecule has 0 unspecified atom stereocenters. The van der Waals surface area contributed by atoms with Crippen LogP contribution >= 0.6 is 0 Å². The van der Waals surface area contributed by atoms with Crippen LogP contribution in [0.4, 0.5) is 15.0 Å². The van der Waals surface area contributed by atoms with Gasteiger partial charge in [-0.1, -0.05) is 44.9 Å². The molecular weight excluding hydrogens is 497 g/mol. The quantitative estimate of drug-likeness (QED) is 0.206. The normalized spacial score (nSPS) is 20.3. The average Bonchev–Trinajstić information content (AvgIpc) is 3.22. The molecule has 1 aromatic carbocycles. The Kier molecular flexibility index (Phi) is 7.63. The van der Waals surface area contributed by atoms with Crippen molar-refractivity contribution in [1.82, 2.24) is 24.8 Å². The van der Waals surface area contributed by atoms with E-state index >= 15 is 0 Å². The second-order valence-electron chi connectivity index (χ2n) is 11.2. The van der Waals surface area contributed by atoms with E-state index in [0.717, 1.165) is 31.2 Å². The summed E-state index contributed by atoms with van der Waals surface area (Å²) in [6.07, 6.45) is 6.68. The molecule has 0 bridgehead atoms. The number of halogens is 1. The molecule has 39 heavy (non-hydrogen) atoms. The first-order chi connectivity index (χ1) is 18.7. The number of nitrogens with one attached hydrogen (secondary N) is 3. The summed E-state index contributed by atoms with van der Waals surface area (Å²) in [7, 11) is 0. The van der Waals surface area contributed by atoms with Gasteiger partial charge in [0.15, 0.2) is 23.1 Å². The Hall–Kier alpha value is -3.82. The zero-order valence-corrected chi connectivity index (χ0v) is 22.5. The molecule has 2 fully saturated rings. The zero-order chi connectivity index (χ0) is 27.7. The number of hydrogen-bond acceptors (Lipinski definition) is 6. The summed E-state index contributed by atoms with van der Waals surface area (Å²) in [5.74, 6) is 2.02. The Morgan fingerprint density at radius 3 is 2.46 bits per heavy atom. The van der Waals surface area contributed by atoms with Crippen LogP contribution < -0.4 is 10.6 Å². The van der Waals surface area contributed by atoms with Gasteiger partial charge in [-0.25, -0.2) is 24.1 Å². The topological polar surface area (TPSA) is 129 Å². The van der Waals surface area contributed by atoms with Crippen LogP contribution in [-0.4, -0.2) is 42.6 Å². The molecule has 1 atom stereocenters. The number of fused-ring (bicyclic) bond motifs is 1. The molecule has 5 rings (SSSR count). The molecule has 0 spiro atoms. The number of nitrogens with zero attached hydrogens (tertiary/aromatic N) is 4. The summed E-state index contributed by atoms with van der Waals surface area (Å²) in [5, 5.41) is 23.0. The maximum absolute atomic E-state index is 13.7. The van der Waals surface area contributed by atoms with Gasteiger partial charge in [0, 0.05) is 18.2 Å². The Bertz CT molecular complexity index is 1390. The van der Waals surface area contributed by atoms with Crippen LogP contribution in [0.25, 0.3) is 16.7 Å². The van der Waals surface area contributed by atoms with Crippen molar-refractivity contribution in [3.05, 3.63) is 53.9 Å². The maximum atomic E-state index is 13.7. The summed E-state index contributed by atoms with van der Waals surface area (Å²) in [6, 6.07) is 6.31. The Morgan fingerprint density at radius 2 is 1.85 bits per heavy atom. The van der Waals surface area contributed by atoms with Crippen LogP contribution in [0.1, 0.15) is 76.0 Å². The van der Waals surface area contributed by atoms with Crippen LogP contribution in [0.5, 0.6) is 0 Å². The van der Waals surface area contributed by atoms with Gasteiger partial charge in [-0.2, -0.15) is 0 Å². The first kappa shape index (κ1) is 26.8. The van der Waals surface area contributed by atoms with E-state index in [1.54, 1.807) is 12.1 Å². The number of hydrogen-bond donors (Lipinski definition) is 4. The van der Waals surface area contributed by atoms with Gasteiger partial charge in [-0.05, 0) is 68.1 Å². The van der Waals surface area contributed by atoms with E-state index in [1.807, 2.05) is 0 Å². The third-order valence-electron chi connectivity index (χ3n) is 8.32. The summed E-state index contributed by atoms with van der Waals surface area (Å²) in [6.45, 7) is 9.44. The van der Waals surface area contributed by atoms with Crippen molar-refractivity contribution >= 4 is 34.5 Å². The lowest BCUT2D eigenvalue weighted by Crippen LogP contribution is -2.33. The summed E-state index contributed by atoms with van der Waals surface area (Å²) < 4.78 is 15.8. The minimum absolute atomic E-state index is 0.0525. The smallest absolute Gasteiger partial charge is 0.410 e. The van der Waals surface area contributed by atoms with Gasteiger partial charge in [-0.15, -0.1) is 0 Å². The first-order valence-electron chi connectivity index (χ1n) is 13.8. The standard InChI is InChI=1S/C29H36FN7O2/c1-16-7-9-19(10-8-16)15-37-23-25(32-18(3)21-5-4-6-21)34-27(24(31)33-29(38)39)35-26(23)36-28(37)17(2)20-11-13-22(30)14-12-20/h11-14,16,18-19,21H,2,4-10,15H2,1,3H3,(H2,31,33)(H,38,39)(H,32,34,35)/t16?,18-,19?/m1/s1. The summed E-state index contributed by atoms with van der Waals surface area (Å²) >= 11 is 0. The van der Waals surface area contributed by atoms with Crippen molar-refractivity contribution in [2.24, 2.45) is 17.8 Å². The fourth-order valence-corrected chi connectivity index (χ4v) is 5.64. The molecule has 10 heteroatoms. The van der Waals surface area contributed by atoms with E-state index in [0.29, 0.717) is 52.7 Å². The van der Waals surface area contributed by atoms with E-state index in [2.05, 4.69) is 45.6 Å². The molecule has 2 aliphatic rings. The number of imidazole rings is 1.